The van der Waals surface area contributed by atoms with Gasteiger partial charge in [-0.05, 0) is 63.7 Å². The van der Waals surface area contributed by atoms with Gasteiger partial charge >= 0.3 is 6.09 Å². The lowest BCUT2D eigenvalue weighted by atomic mass is 9.94. The van der Waals surface area contributed by atoms with Crippen LogP contribution in [0, 0.1) is 5.92 Å². The second-order valence-corrected chi connectivity index (χ2v) is 9.71. The van der Waals surface area contributed by atoms with Crippen LogP contribution in [-0.4, -0.2) is 41.8 Å². The molecule has 1 aliphatic rings. The first kappa shape index (κ1) is 29.7. The molecule has 0 bridgehead atoms. The summed E-state index contributed by atoms with van der Waals surface area (Å²) in [4.78, 5) is 15.3. The van der Waals surface area contributed by atoms with Crippen molar-refractivity contribution in [3.05, 3.63) is 23.8 Å². The molecule has 0 saturated carbocycles. The summed E-state index contributed by atoms with van der Waals surface area (Å²) in [6, 6.07) is 0. The Kier molecular flexibility index (Phi) is 13.3. The first-order valence-corrected chi connectivity index (χ1v) is 13.4. The van der Waals surface area contributed by atoms with E-state index in [1.165, 1.54) is 5.57 Å². The van der Waals surface area contributed by atoms with Gasteiger partial charge in [0.25, 0.3) is 0 Å². The van der Waals surface area contributed by atoms with Crippen molar-refractivity contribution in [2.75, 3.05) is 13.2 Å². The molecule has 0 heterocycles. The van der Waals surface area contributed by atoms with E-state index in [-0.39, 0.29) is 11.7 Å². The van der Waals surface area contributed by atoms with Gasteiger partial charge in [-0.25, -0.2) is 4.79 Å². The van der Waals surface area contributed by atoms with E-state index in [1.54, 1.807) is 4.90 Å². The zero-order chi connectivity index (χ0) is 24.9. The summed E-state index contributed by atoms with van der Waals surface area (Å²) in [6.45, 7) is 17.9. The number of hydrogen-bond acceptors (Lipinski definition) is 4. The SMILES string of the molecule is CCC(CC)(CC)OC(=O)N(CCC1=CCCC=C1)C(OCC(C)C)OC(CC)(CC)CC. The van der Waals surface area contributed by atoms with Crippen molar-refractivity contribution in [2.45, 2.75) is 131 Å². The van der Waals surface area contributed by atoms with Gasteiger partial charge in [-0.15, -0.1) is 0 Å². The molecule has 0 aromatic heterocycles. The van der Waals surface area contributed by atoms with Crippen LogP contribution in [0.15, 0.2) is 23.8 Å². The summed E-state index contributed by atoms with van der Waals surface area (Å²) in [5.41, 5.74) is 0.461. The van der Waals surface area contributed by atoms with Crippen LogP contribution in [-0.2, 0) is 14.2 Å². The van der Waals surface area contributed by atoms with E-state index >= 15 is 0 Å². The summed E-state index contributed by atoms with van der Waals surface area (Å²) >= 11 is 0. The van der Waals surface area contributed by atoms with Crippen molar-refractivity contribution in [1.82, 2.24) is 4.90 Å². The summed E-state index contributed by atoms with van der Waals surface area (Å²) in [7, 11) is 0. The number of rotatable bonds is 16. The summed E-state index contributed by atoms with van der Waals surface area (Å²) in [5, 5.41) is 0. The first-order chi connectivity index (χ1) is 15.7. The second kappa shape index (κ2) is 14.8. The molecule has 33 heavy (non-hydrogen) atoms. The van der Waals surface area contributed by atoms with E-state index in [0.717, 1.165) is 57.8 Å². The van der Waals surface area contributed by atoms with Crippen molar-refractivity contribution >= 4 is 6.09 Å². The molecule has 0 spiro atoms. The third-order valence-electron chi connectivity index (χ3n) is 7.29. The van der Waals surface area contributed by atoms with Gasteiger partial charge in [0.1, 0.15) is 5.60 Å². The minimum Gasteiger partial charge on any atom is -0.443 e. The van der Waals surface area contributed by atoms with Crippen molar-refractivity contribution in [3.8, 4) is 0 Å². The quantitative estimate of drug-likeness (QED) is 0.217. The maximum atomic E-state index is 13.7. The van der Waals surface area contributed by atoms with Crippen molar-refractivity contribution in [3.63, 3.8) is 0 Å². The van der Waals surface area contributed by atoms with Crippen LogP contribution in [0.1, 0.15) is 113 Å². The Bertz CT molecular complexity index is 601. The largest absolute Gasteiger partial charge is 0.443 e. The van der Waals surface area contributed by atoms with E-state index < -0.39 is 12.0 Å². The van der Waals surface area contributed by atoms with Crippen LogP contribution in [0.3, 0.4) is 0 Å². The van der Waals surface area contributed by atoms with Crippen LogP contribution in [0.5, 0.6) is 0 Å². The topological polar surface area (TPSA) is 48.0 Å². The number of carbonyl (C=O) groups excluding carboxylic acids is 1. The normalized spacial score (nSPS) is 15.5. The number of amides is 1. The maximum Gasteiger partial charge on any atom is 0.414 e. The fourth-order valence-corrected chi connectivity index (χ4v) is 4.27. The van der Waals surface area contributed by atoms with E-state index in [1.807, 2.05) is 0 Å². The van der Waals surface area contributed by atoms with Crippen LogP contribution >= 0.6 is 0 Å². The highest BCUT2D eigenvalue weighted by Gasteiger charge is 2.38. The van der Waals surface area contributed by atoms with Gasteiger partial charge in [-0.3, -0.25) is 4.90 Å². The Hall–Kier alpha value is -1.33. The molecule has 0 aliphatic heterocycles. The molecule has 0 radical (unpaired) electrons. The molecule has 0 N–H and O–H groups in total. The zero-order valence-corrected chi connectivity index (χ0v) is 22.7. The molecule has 1 rings (SSSR count). The fraction of sp³-hybridized carbons (Fsp3) is 0.821. The van der Waals surface area contributed by atoms with Crippen LogP contribution in [0.4, 0.5) is 4.79 Å². The number of hydrogen-bond donors (Lipinski definition) is 0. The van der Waals surface area contributed by atoms with Gasteiger partial charge in [0.05, 0.1) is 12.2 Å². The average molecular weight is 466 g/mol. The van der Waals surface area contributed by atoms with Crippen molar-refractivity contribution in [2.24, 2.45) is 5.92 Å². The highest BCUT2D eigenvalue weighted by molar-refractivity contribution is 5.68. The highest BCUT2D eigenvalue weighted by Crippen LogP contribution is 2.31. The average Bonchev–Trinajstić information content (AvgIpc) is 2.84. The second-order valence-electron chi connectivity index (χ2n) is 9.71. The Morgan fingerprint density at radius 3 is 1.97 bits per heavy atom. The van der Waals surface area contributed by atoms with Gasteiger partial charge in [-0.1, -0.05) is 79.2 Å². The summed E-state index contributed by atoms with van der Waals surface area (Å²) in [6.07, 6.45) is 13.4. The molecule has 0 saturated heterocycles. The molecule has 5 nitrogen and oxygen atoms in total. The van der Waals surface area contributed by atoms with Crippen LogP contribution < -0.4 is 0 Å². The Balaban J connectivity index is 3.26. The number of ether oxygens (including phenoxy) is 3. The number of carbonyl (C=O) groups is 1. The molecular formula is C28H51NO4. The fourth-order valence-electron chi connectivity index (χ4n) is 4.27. The third kappa shape index (κ3) is 9.09. The summed E-state index contributed by atoms with van der Waals surface area (Å²) in [5.74, 6) is 0.332. The van der Waals surface area contributed by atoms with Crippen LogP contribution in [0.2, 0.25) is 0 Å². The lowest BCUT2D eigenvalue weighted by Gasteiger charge is -2.41. The van der Waals surface area contributed by atoms with Gasteiger partial charge in [0.15, 0.2) is 0 Å². The van der Waals surface area contributed by atoms with Gasteiger partial charge in [-0.2, -0.15) is 0 Å². The van der Waals surface area contributed by atoms with Crippen LogP contribution in [0.25, 0.3) is 0 Å². The molecule has 1 aliphatic carbocycles. The van der Waals surface area contributed by atoms with E-state index in [4.69, 9.17) is 14.2 Å². The van der Waals surface area contributed by atoms with Gasteiger partial charge in [0.2, 0.25) is 6.41 Å². The zero-order valence-electron chi connectivity index (χ0n) is 22.7. The first-order valence-electron chi connectivity index (χ1n) is 13.4. The van der Waals surface area contributed by atoms with Crippen molar-refractivity contribution in [1.29, 1.82) is 0 Å². The predicted molar refractivity (Wildman–Crippen MR) is 137 cm³/mol. The van der Waals surface area contributed by atoms with E-state index in [2.05, 4.69) is 73.6 Å². The smallest absolute Gasteiger partial charge is 0.414 e. The molecular weight excluding hydrogens is 414 g/mol. The molecule has 1 amide bonds. The third-order valence-corrected chi connectivity index (χ3v) is 7.29. The molecule has 1 atom stereocenters. The number of allylic oxidation sites excluding steroid dienone is 3. The van der Waals surface area contributed by atoms with E-state index in [9.17, 15) is 4.79 Å². The Morgan fingerprint density at radius 2 is 1.52 bits per heavy atom. The molecule has 192 valence electrons. The van der Waals surface area contributed by atoms with Crippen molar-refractivity contribution < 1.29 is 19.0 Å². The molecule has 0 aromatic rings. The summed E-state index contributed by atoms with van der Waals surface area (Å²) < 4.78 is 19.1. The number of nitrogens with zero attached hydrogens (tertiary/aromatic N) is 1. The monoisotopic (exact) mass is 465 g/mol. The standard InChI is InChI=1S/C28H51NO4/c1-9-27(10-2,11-3)32-25(30)29(21-20-24-18-16-15-17-19-24)26(31-22-23(7)8)33-28(12-4,13-5)14-6/h16,18-19,23,26H,9-15,17,20-22H2,1-8H3. The molecule has 0 fully saturated rings. The molecule has 1 unspecified atom stereocenters. The maximum absolute atomic E-state index is 13.7. The minimum absolute atomic E-state index is 0.332. The van der Waals surface area contributed by atoms with Gasteiger partial charge < -0.3 is 14.2 Å². The lowest BCUT2D eigenvalue weighted by molar-refractivity contribution is -0.272. The Morgan fingerprint density at radius 1 is 0.939 bits per heavy atom. The molecule has 5 heteroatoms. The Labute approximate surface area is 203 Å². The molecule has 0 aromatic carbocycles. The van der Waals surface area contributed by atoms with Gasteiger partial charge in [0, 0.05) is 6.54 Å². The lowest BCUT2D eigenvalue weighted by Crippen LogP contribution is -2.51. The minimum atomic E-state index is -0.767. The highest BCUT2D eigenvalue weighted by atomic mass is 16.7. The predicted octanol–water partition coefficient (Wildman–Crippen LogP) is 8.00. The van der Waals surface area contributed by atoms with E-state index in [0.29, 0.717) is 19.1 Å².